The Morgan fingerprint density at radius 3 is 3.14 bits per heavy atom. The zero-order valence-corrected chi connectivity index (χ0v) is 12.7. The quantitative estimate of drug-likeness (QED) is 0.923. The molecule has 0 radical (unpaired) electrons. The van der Waals surface area contributed by atoms with Crippen LogP contribution in [0, 0.1) is 11.8 Å². The Labute approximate surface area is 126 Å². The Morgan fingerprint density at radius 2 is 2.29 bits per heavy atom. The standard InChI is InChI=1S/C18H23N3/c1-13-5-6-14(9-13)11-21-12-19-10-17(21)16-4-2-3-15-7-8-20-18(15)16/h2-4,10,12-14,20H,5-9,11H2,1H3. The average molecular weight is 281 g/mol. The van der Waals surface area contributed by atoms with Crippen molar-refractivity contribution in [1.29, 1.82) is 0 Å². The van der Waals surface area contributed by atoms with Crippen LogP contribution < -0.4 is 5.32 Å². The van der Waals surface area contributed by atoms with E-state index in [1.54, 1.807) is 0 Å². The Morgan fingerprint density at radius 1 is 1.33 bits per heavy atom. The van der Waals surface area contributed by atoms with Gasteiger partial charge in [0, 0.05) is 24.3 Å². The molecule has 2 atom stereocenters. The number of hydrogen-bond acceptors (Lipinski definition) is 2. The Balaban J connectivity index is 1.65. The molecule has 1 N–H and O–H groups in total. The first-order chi connectivity index (χ1) is 10.3. The third-order valence-corrected chi connectivity index (χ3v) is 5.09. The lowest BCUT2D eigenvalue weighted by Crippen LogP contribution is -2.08. The van der Waals surface area contributed by atoms with E-state index < -0.39 is 0 Å². The lowest BCUT2D eigenvalue weighted by atomic mass is 10.0. The van der Waals surface area contributed by atoms with Crippen molar-refractivity contribution in [3.63, 3.8) is 0 Å². The molecule has 1 aromatic heterocycles. The van der Waals surface area contributed by atoms with E-state index in [-0.39, 0.29) is 0 Å². The minimum atomic E-state index is 0.817. The summed E-state index contributed by atoms with van der Waals surface area (Å²) < 4.78 is 2.36. The monoisotopic (exact) mass is 281 g/mol. The summed E-state index contributed by atoms with van der Waals surface area (Å²) in [7, 11) is 0. The van der Waals surface area contributed by atoms with Crippen LogP contribution in [0.1, 0.15) is 31.7 Å². The highest BCUT2D eigenvalue weighted by Gasteiger charge is 2.23. The van der Waals surface area contributed by atoms with Crippen molar-refractivity contribution in [1.82, 2.24) is 9.55 Å². The van der Waals surface area contributed by atoms with Crippen molar-refractivity contribution >= 4 is 5.69 Å². The van der Waals surface area contributed by atoms with Crippen LogP contribution in [-0.4, -0.2) is 16.1 Å². The molecule has 110 valence electrons. The molecule has 0 amide bonds. The number of nitrogens with one attached hydrogen (secondary N) is 1. The van der Waals surface area contributed by atoms with Gasteiger partial charge in [0.25, 0.3) is 0 Å². The molecule has 1 aliphatic carbocycles. The number of imidazole rings is 1. The fourth-order valence-electron chi connectivity index (χ4n) is 4.01. The highest BCUT2D eigenvalue weighted by molar-refractivity contribution is 5.79. The van der Waals surface area contributed by atoms with Gasteiger partial charge >= 0.3 is 0 Å². The fraction of sp³-hybridized carbons (Fsp3) is 0.500. The van der Waals surface area contributed by atoms with Crippen LogP contribution >= 0.6 is 0 Å². The maximum absolute atomic E-state index is 4.42. The number of fused-ring (bicyclic) bond motifs is 1. The number of benzene rings is 1. The molecule has 1 saturated carbocycles. The van der Waals surface area contributed by atoms with Gasteiger partial charge in [0.1, 0.15) is 0 Å². The number of nitrogens with zero attached hydrogens (tertiary/aromatic N) is 2. The van der Waals surface area contributed by atoms with Gasteiger partial charge in [-0.05, 0) is 36.7 Å². The molecule has 3 heteroatoms. The maximum atomic E-state index is 4.42. The number of hydrogen-bond donors (Lipinski definition) is 1. The number of para-hydroxylation sites is 1. The summed E-state index contributed by atoms with van der Waals surface area (Å²) in [6.07, 6.45) is 9.28. The van der Waals surface area contributed by atoms with Gasteiger partial charge in [-0.15, -0.1) is 0 Å². The topological polar surface area (TPSA) is 29.9 Å². The van der Waals surface area contributed by atoms with Gasteiger partial charge in [-0.1, -0.05) is 31.5 Å². The van der Waals surface area contributed by atoms with Crippen molar-refractivity contribution in [3.05, 3.63) is 36.3 Å². The molecule has 0 spiro atoms. The molecule has 0 bridgehead atoms. The van der Waals surface area contributed by atoms with Gasteiger partial charge in [0.05, 0.1) is 18.2 Å². The van der Waals surface area contributed by atoms with Gasteiger partial charge in [-0.2, -0.15) is 0 Å². The predicted molar refractivity (Wildman–Crippen MR) is 86.4 cm³/mol. The first-order valence-corrected chi connectivity index (χ1v) is 8.17. The summed E-state index contributed by atoms with van der Waals surface area (Å²) in [5.74, 6) is 1.71. The second-order valence-electron chi connectivity index (χ2n) is 6.73. The Hall–Kier alpha value is -1.77. The third kappa shape index (κ3) is 2.35. The first kappa shape index (κ1) is 12.9. The van der Waals surface area contributed by atoms with Crippen molar-refractivity contribution < 1.29 is 0 Å². The van der Waals surface area contributed by atoms with Crippen LogP contribution in [0.2, 0.25) is 0 Å². The lowest BCUT2D eigenvalue weighted by molar-refractivity contribution is 0.443. The van der Waals surface area contributed by atoms with Gasteiger partial charge in [-0.25, -0.2) is 4.98 Å². The van der Waals surface area contributed by atoms with Crippen LogP contribution in [0.15, 0.2) is 30.7 Å². The minimum Gasteiger partial charge on any atom is -0.384 e. The minimum absolute atomic E-state index is 0.817. The molecule has 1 aliphatic heterocycles. The Bertz CT molecular complexity index is 644. The molecule has 2 heterocycles. The second-order valence-corrected chi connectivity index (χ2v) is 6.73. The molecule has 1 fully saturated rings. The van der Waals surface area contributed by atoms with Gasteiger partial charge in [0.2, 0.25) is 0 Å². The van der Waals surface area contributed by atoms with E-state index in [1.807, 2.05) is 12.5 Å². The van der Waals surface area contributed by atoms with Crippen LogP contribution in [0.25, 0.3) is 11.3 Å². The molecule has 3 nitrogen and oxygen atoms in total. The summed E-state index contributed by atoms with van der Waals surface area (Å²) in [4.78, 5) is 4.42. The number of aromatic nitrogens is 2. The lowest BCUT2D eigenvalue weighted by Gasteiger charge is -2.15. The smallest absolute Gasteiger partial charge is 0.0951 e. The van der Waals surface area contributed by atoms with E-state index >= 15 is 0 Å². The summed E-state index contributed by atoms with van der Waals surface area (Å²) in [5.41, 5.74) is 5.34. The molecule has 2 aliphatic rings. The fourth-order valence-corrected chi connectivity index (χ4v) is 4.01. The normalized spacial score (nSPS) is 24.0. The summed E-state index contributed by atoms with van der Waals surface area (Å²) in [6.45, 7) is 4.55. The second kappa shape index (κ2) is 5.21. The zero-order chi connectivity index (χ0) is 14.2. The van der Waals surface area contributed by atoms with Crippen molar-refractivity contribution in [2.45, 2.75) is 39.2 Å². The third-order valence-electron chi connectivity index (χ3n) is 5.09. The van der Waals surface area contributed by atoms with E-state index in [1.165, 1.54) is 41.8 Å². The van der Waals surface area contributed by atoms with E-state index in [0.717, 1.165) is 31.3 Å². The number of rotatable bonds is 3. The largest absolute Gasteiger partial charge is 0.384 e. The SMILES string of the molecule is CC1CCC(Cn2cncc2-c2cccc3c2NCC3)C1. The molecule has 2 unspecified atom stereocenters. The highest BCUT2D eigenvalue weighted by atomic mass is 15.1. The van der Waals surface area contributed by atoms with Crippen LogP contribution in [0.4, 0.5) is 5.69 Å². The predicted octanol–water partition coefficient (Wildman–Crippen LogP) is 3.95. The maximum Gasteiger partial charge on any atom is 0.0951 e. The molecule has 0 saturated heterocycles. The summed E-state index contributed by atoms with van der Waals surface area (Å²) in [6, 6.07) is 6.64. The molecular formula is C18H23N3. The highest BCUT2D eigenvalue weighted by Crippen LogP contribution is 2.36. The van der Waals surface area contributed by atoms with E-state index in [0.29, 0.717) is 0 Å². The molecule has 4 rings (SSSR count). The van der Waals surface area contributed by atoms with Gasteiger partial charge < -0.3 is 9.88 Å². The summed E-state index contributed by atoms with van der Waals surface area (Å²) >= 11 is 0. The van der Waals surface area contributed by atoms with Crippen molar-refractivity contribution in [2.24, 2.45) is 11.8 Å². The Kier molecular flexibility index (Phi) is 3.21. The average Bonchev–Trinajstić information content (AvgIpc) is 3.19. The number of anilines is 1. The van der Waals surface area contributed by atoms with Crippen LogP contribution in [0.5, 0.6) is 0 Å². The molecule has 1 aromatic carbocycles. The molecule has 2 aromatic rings. The van der Waals surface area contributed by atoms with Gasteiger partial charge in [0.15, 0.2) is 0 Å². The van der Waals surface area contributed by atoms with Crippen LogP contribution in [-0.2, 0) is 13.0 Å². The first-order valence-electron chi connectivity index (χ1n) is 8.17. The van der Waals surface area contributed by atoms with Crippen molar-refractivity contribution in [3.8, 4) is 11.3 Å². The molecule has 21 heavy (non-hydrogen) atoms. The van der Waals surface area contributed by atoms with E-state index in [2.05, 4.69) is 40.0 Å². The van der Waals surface area contributed by atoms with Gasteiger partial charge in [-0.3, -0.25) is 0 Å². The van der Waals surface area contributed by atoms with Crippen molar-refractivity contribution in [2.75, 3.05) is 11.9 Å². The van der Waals surface area contributed by atoms with E-state index in [4.69, 9.17) is 0 Å². The zero-order valence-electron chi connectivity index (χ0n) is 12.7. The van der Waals surface area contributed by atoms with Crippen LogP contribution in [0.3, 0.4) is 0 Å². The summed E-state index contributed by atoms with van der Waals surface area (Å²) in [5, 5.41) is 3.54. The molecular weight excluding hydrogens is 258 g/mol. The van der Waals surface area contributed by atoms with E-state index in [9.17, 15) is 0 Å².